The lowest BCUT2D eigenvalue weighted by molar-refractivity contribution is -0.125. The van der Waals surface area contributed by atoms with Crippen molar-refractivity contribution in [2.75, 3.05) is 24.2 Å². The van der Waals surface area contributed by atoms with Crippen LogP contribution in [0.2, 0.25) is 0 Å². The molecule has 1 aliphatic rings. The second-order valence-corrected chi connectivity index (χ2v) is 8.11. The summed E-state index contributed by atoms with van der Waals surface area (Å²) in [5, 5.41) is 2.70. The lowest BCUT2D eigenvalue weighted by atomic mass is 10.2. The summed E-state index contributed by atoms with van der Waals surface area (Å²) in [6.07, 6.45) is 2.02. The molecule has 0 aromatic heterocycles. The smallest absolute Gasteiger partial charge is 0.227 e. The first-order chi connectivity index (χ1) is 11.2. The summed E-state index contributed by atoms with van der Waals surface area (Å²) in [6.45, 7) is 6.44. The fourth-order valence-electron chi connectivity index (χ4n) is 2.56. The predicted octanol–water partition coefficient (Wildman–Crippen LogP) is 1.45. The number of nitrogens with one attached hydrogen (secondary N) is 1. The van der Waals surface area contributed by atoms with Crippen LogP contribution in [0.25, 0.3) is 0 Å². The maximum atomic E-state index is 12.3. The van der Waals surface area contributed by atoms with Gasteiger partial charge in [-0.2, -0.15) is 0 Å². The van der Waals surface area contributed by atoms with Gasteiger partial charge in [-0.3, -0.25) is 9.59 Å². The molecule has 6 nitrogen and oxygen atoms in total. The molecule has 0 bridgehead atoms. The molecule has 24 heavy (non-hydrogen) atoms. The maximum absolute atomic E-state index is 12.3. The van der Waals surface area contributed by atoms with Crippen molar-refractivity contribution >= 4 is 27.3 Å². The topological polar surface area (TPSA) is 83.6 Å². The number of benzene rings is 1. The third kappa shape index (κ3) is 4.44. The van der Waals surface area contributed by atoms with E-state index in [-0.39, 0.29) is 29.6 Å². The normalized spacial score (nSPS) is 13.5. The number of anilines is 1. The van der Waals surface area contributed by atoms with E-state index in [4.69, 9.17) is 0 Å². The van der Waals surface area contributed by atoms with Gasteiger partial charge < -0.3 is 10.2 Å². The molecule has 1 N–H and O–H groups in total. The van der Waals surface area contributed by atoms with Crippen LogP contribution in [0.1, 0.15) is 25.3 Å². The van der Waals surface area contributed by atoms with Crippen molar-refractivity contribution in [1.82, 2.24) is 5.32 Å². The van der Waals surface area contributed by atoms with Gasteiger partial charge in [0.1, 0.15) is 0 Å². The van der Waals surface area contributed by atoms with Gasteiger partial charge in [0.2, 0.25) is 11.8 Å². The summed E-state index contributed by atoms with van der Waals surface area (Å²) >= 11 is 0. The van der Waals surface area contributed by atoms with E-state index in [0.717, 1.165) is 23.1 Å². The number of carbonyl (C=O) groups excluding carboxylic acids is 2. The molecule has 1 aromatic rings. The van der Waals surface area contributed by atoms with E-state index in [0.29, 0.717) is 19.5 Å². The Balaban J connectivity index is 1.99. The maximum Gasteiger partial charge on any atom is 0.227 e. The van der Waals surface area contributed by atoms with Crippen LogP contribution in [0, 0.1) is 0 Å². The molecule has 0 radical (unpaired) electrons. The second kappa shape index (κ2) is 7.17. The van der Waals surface area contributed by atoms with Crippen LogP contribution in [-0.2, 0) is 25.8 Å². The Morgan fingerprint density at radius 2 is 2.00 bits per heavy atom. The van der Waals surface area contributed by atoms with Crippen LogP contribution in [-0.4, -0.2) is 39.6 Å². The molecule has 1 heterocycles. The number of hydrogen-bond acceptors (Lipinski definition) is 4. The summed E-state index contributed by atoms with van der Waals surface area (Å²) in [5.41, 5.74) is 2.43. The van der Waals surface area contributed by atoms with Crippen molar-refractivity contribution in [3.8, 4) is 0 Å². The van der Waals surface area contributed by atoms with E-state index < -0.39 is 9.84 Å². The van der Waals surface area contributed by atoms with Gasteiger partial charge in [0.05, 0.1) is 4.90 Å². The zero-order valence-corrected chi connectivity index (χ0v) is 14.8. The van der Waals surface area contributed by atoms with Crippen LogP contribution in [0.15, 0.2) is 35.2 Å². The number of hydrogen-bond donors (Lipinski definition) is 1. The Morgan fingerprint density at radius 3 is 2.62 bits per heavy atom. The summed E-state index contributed by atoms with van der Waals surface area (Å²) in [6, 6.07) is 4.80. The minimum Gasteiger partial charge on any atom is -0.352 e. The van der Waals surface area contributed by atoms with Gasteiger partial charge in [-0.05, 0) is 37.1 Å². The van der Waals surface area contributed by atoms with Crippen LogP contribution >= 0.6 is 0 Å². The molecular weight excluding hydrogens is 328 g/mol. The molecule has 0 spiro atoms. The van der Waals surface area contributed by atoms with Crippen molar-refractivity contribution in [2.45, 2.75) is 31.1 Å². The first-order valence-electron chi connectivity index (χ1n) is 7.73. The van der Waals surface area contributed by atoms with Gasteiger partial charge in [-0.15, -0.1) is 0 Å². The Hall–Kier alpha value is -2.15. The minimum absolute atomic E-state index is 0.120. The molecule has 2 amide bonds. The SMILES string of the molecule is C=C(C)CNC(=O)CCC(=O)N1CCc2cc(S(C)(=O)=O)ccc21. The van der Waals surface area contributed by atoms with E-state index in [2.05, 4.69) is 11.9 Å². The molecular formula is C17H22N2O4S. The van der Waals surface area contributed by atoms with E-state index in [1.165, 1.54) is 6.07 Å². The van der Waals surface area contributed by atoms with E-state index in [1.807, 2.05) is 6.92 Å². The van der Waals surface area contributed by atoms with Crippen molar-refractivity contribution in [3.63, 3.8) is 0 Å². The molecule has 1 aromatic carbocycles. The minimum atomic E-state index is -3.26. The van der Waals surface area contributed by atoms with Crippen LogP contribution in [0.5, 0.6) is 0 Å². The fourth-order valence-corrected chi connectivity index (χ4v) is 3.23. The largest absolute Gasteiger partial charge is 0.352 e. The standard InChI is InChI=1S/C17H22N2O4S/c1-12(2)11-18-16(20)6-7-17(21)19-9-8-13-10-14(24(3,22)23)4-5-15(13)19/h4-5,10H,1,6-9,11H2,2-3H3,(H,18,20). The van der Waals surface area contributed by atoms with Crippen molar-refractivity contribution in [1.29, 1.82) is 0 Å². The number of rotatable bonds is 6. The summed E-state index contributed by atoms with van der Waals surface area (Å²) < 4.78 is 23.2. The van der Waals surface area contributed by atoms with E-state index in [9.17, 15) is 18.0 Å². The third-order valence-electron chi connectivity index (χ3n) is 3.83. The molecule has 0 atom stereocenters. The molecule has 0 saturated heterocycles. The summed E-state index contributed by atoms with van der Waals surface area (Å²) in [7, 11) is -3.26. The van der Waals surface area contributed by atoms with E-state index >= 15 is 0 Å². The summed E-state index contributed by atoms with van der Waals surface area (Å²) in [4.78, 5) is 25.9. The molecule has 130 valence electrons. The highest BCUT2D eigenvalue weighted by molar-refractivity contribution is 7.90. The Morgan fingerprint density at radius 1 is 1.29 bits per heavy atom. The highest BCUT2D eigenvalue weighted by Crippen LogP contribution is 2.30. The quantitative estimate of drug-likeness (QED) is 0.787. The number of sulfone groups is 1. The number of nitrogens with zero attached hydrogens (tertiary/aromatic N) is 1. The van der Waals surface area contributed by atoms with Crippen molar-refractivity contribution in [2.24, 2.45) is 0 Å². The lowest BCUT2D eigenvalue weighted by Crippen LogP contribution is -2.31. The van der Waals surface area contributed by atoms with Crippen LogP contribution in [0.3, 0.4) is 0 Å². The molecule has 2 rings (SSSR count). The van der Waals surface area contributed by atoms with Crippen molar-refractivity contribution in [3.05, 3.63) is 35.9 Å². The van der Waals surface area contributed by atoms with Crippen LogP contribution in [0.4, 0.5) is 5.69 Å². The highest BCUT2D eigenvalue weighted by atomic mass is 32.2. The predicted molar refractivity (Wildman–Crippen MR) is 92.7 cm³/mol. The first kappa shape index (κ1) is 18.2. The Labute approximate surface area is 142 Å². The van der Waals surface area contributed by atoms with Gasteiger partial charge >= 0.3 is 0 Å². The first-order valence-corrected chi connectivity index (χ1v) is 9.62. The van der Waals surface area contributed by atoms with Gasteiger partial charge in [-0.25, -0.2) is 8.42 Å². The number of amides is 2. The zero-order chi connectivity index (χ0) is 17.9. The summed E-state index contributed by atoms with van der Waals surface area (Å²) in [5.74, 6) is -0.315. The average Bonchev–Trinajstić information content (AvgIpc) is 2.92. The van der Waals surface area contributed by atoms with Gasteiger partial charge in [0.25, 0.3) is 0 Å². The number of fused-ring (bicyclic) bond motifs is 1. The van der Waals surface area contributed by atoms with Gasteiger partial charge in [0, 0.05) is 37.9 Å². The van der Waals surface area contributed by atoms with Crippen LogP contribution < -0.4 is 10.2 Å². The van der Waals surface area contributed by atoms with Gasteiger partial charge in [0.15, 0.2) is 9.84 Å². The third-order valence-corrected chi connectivity index (χ3v) is 4.94. The highest BCUT2D eigenvalue weighted by Gasteiger charge is 2.26. The number of carbonyl (C=O) groups is 2. The molecule has 0 unspecified atom stereocenters. The molecule has 7 heteroatoms. The molecule has 0 fully saturated rings. The fraction of sp³-hybridized carbons (Fsp3) is 0.412. The van der Waals surface area contributed by atoms with Gasteiger partial charge in [-0.1, -0.05) is 12.2 Å². The monoisotopic (exact) mass is 350 g/mol. The molecule has 0 aliphatic carbocycles. The molecule has 0 saturated carbocycles. The second-order valence-electron chi connectivity index (χ2n) is 6.09. The Bertz CT molecular complexity index is 784. The molecule has 1 aliphatic heterocycles. The van der Waals surface area contributed by atoms with Crippen molar-refractivity contribution < 1.29 is 18.0 Å². The lowest BCUT2D eigenvalue weighted by Gasteiger charge is -2.17. The Kier molecular flexibility index (Phi) is 5.43. The van der Waals surface area contributed by atoms with E-state index in [1.54, 1.807) is 17.0 Å². The zero-order valence-electron chi connectivity index (χ0n) is 14.0. The average molecular weight is 350 g/mol.